The third-order valence-corrected chi connectivity index (χ3v) is 4.60. The van der Waals surface area contributed by atoms with Gasteiger partial charge in [0.15, 0.2) is 0 Å². The molecular weight excluding hydrogens is 260 g/mol. The fourth-order valence-corrected chi connectivity index (χ4v) is 3.41. The largest absolute Gasteiger partial charge is 0.383 e. The lowest BCUT2D eigenvalue weighted by Crippen LogP contribution is -2.62. The topological polar surface area (TPSA) is 24.5 Å². The van der Waals surface area contributed by atoms with E-state index in [-0.39, 0.29) is 5.54 Å². The van der Waals surface area contributed by atoms with Crippen LogP contribution in [0.2, 0.25) is 0 Å². The number of rotatable bonds is 5. The standard InChI is InChI=1S/C18H30N2O/c1-14(2)17-11-19-16(15-9-7-6-8-10-15)12-20(17)18(3,4)13-21-5/h6-10,14,16-17,19H,11-13H2,1-5H3. The fraction of sp³-hybridized carbons (Fsp3) is 0.667. The highest BCUT2D eigenvalue weighted by Crippen LogP contribution is 2.29. The fourth-order valence-electron chi connectivity index (χ4n) is 3.41. The van der Waals surface area contributed by atoms with Gasteiger partial charge in [0.1, 0.15) is 0 Å². The number of benzene rings is 1. The number of nitrogens with zero attached hydrogens (tertiary/aromatic N) is 1. The second-order valence-corrected chi connectivity index (χ2v) is 7.08. The predicted octanol–water partition coefficient (Wildman–Crippen LogP) is 3.08. The Kier molecular flexibility index (Phi) is 5.42. The molecule has 1 fully saturated rings. The highest BCUT2D eigenvalue weighted by atomic mass is 16.5. The van der Waals surface area contributed by atoms with E-state index in [2.05, 4.69) is 68.2 Å². The molecule has 118 valence electrons. The van der Waals surface area contributed by atoms with Crippen LogP contribution < -0.4 is 5.32 Å². The van der Waals surface area contributed by atoms with Crippen LogP contribution in [0.25, 0.3) is 0 Å². The van der Waals surface area contributed by atoms with Gasteiger partial charge in [-0.25, -0.2) is 0 Å². The molecule has 0 spiro atoms. The lowest BCUT2D eigenvalue weighted by atomic mass is 9.90. The molecular formula is C18H30N2O. The van der Waals surface area contributed by atoms with E-state index in [1.807, 2.05) is 0 Å². The Morgan fingerprint density at radius 1 is 1.29 bits per heavy atom. The van der Waals surface area contributed by atoms with E-state index in [9.17, 15) is 0 Å². The van der Waals surface area contributed by atoms with Crippen LogP contribution in [0.1, 0.15) is 39.3 Å². The molecule has 0 aliphatic carbocycles. The minimum atomic E-state index is 0.0544. The Bertz CT molecular complexity index is 430. The minimum Gasteiger partial charge on any atom is -0.383 e. The molecule has 1 aromatic carbocycles. The summed E-state index contributed by atoms with van der Waals surface area (Å²) in [6, 6.07) is 11.7. The van der Waals surface area contributed by atoms with Crippen molar-refractivity contribution in [3.8, 4) is 0 Å². The lowest BCUT2D eigenvalue weighted by Gasteiger charge is -2.50. The summed E-state index contributed by atoms with van der Waals surface area (Å²) < 4.78 is 5.47. The zero-order chi connectivity index (χ0) is 15.5. The van der Waals surface area contributed by atoms with Gasteiger partial charge in [-0.1, -0.05) is 44.2 Å². The molecule has 2 rings (SSSR count). The molecule has 0 saturated carbocycles. The van der Waals surface area contributed by atoms with Crippen molar-refractivity contribution in [2.45, 2.75) is 45.3 Å². The second kappa shape index (κ2) is 6.91. The van der Waals surface area contributed by atoms with Crippen LogP contribution in [0, 0.1) is 5.92 Å². The lowest BCUT2D eigenvalue weighted by molar-refractivity contribution is -0.0306. The van der Waals surface area contributed by atoms with Crippen molar-refractivity contribution in [3.05, 3.63) is 35.9 Å². The summed E-state index contributed by atoms with van der Waals surface area (Å²) in [6.07, 6.45) is 0. The number of methoxy groups -OCH3 is 1. The summed E-state index contributed by atoms with van der Waals surface area (Å²) in [5, 5.41) is 3.73. The van der Waals surface area contributed by atoms with Crippen molar-refractivity contribution in [3.63, 3.8) is 0 Å². The van der Waals surface area contributed by atoms with E-state index < -0.39 is 0 Å². The van der Waals surface area contributed by atoms with E-state index in [0.717, 1.165) is 19.7 Å². The summed E-state index contributed by atoms with van der Waals surface area (Å²) >= 11 is 0. The van der Waals surface area contributed by atoms with Gasteiger partial charge in [0.25, 0.3) is 0 Å². The van der Waals surface area contributed by atoms with Gasteiger partial charge in [-0.05, 0) is 25.3 Å². The predicted molar refractivity (Wildman–Crippen MR) is 88.5 cm³/mol. The molecule has 3 heteroatoms. The molecule has 1 aliphatic heterocycles. The molecule has 1 saturated heterocycles. The molecule has 1 aliphatic rings. The summed E-state index contributed by atoms with van der Waals surface area (Å²) in [4.78, 5) is 2.63. The van der Waals surface area contributed by atoms with Crippen molar-refractivity contribution in [2.24, 2.45) is 5.92 Å². The SMILES string of the molecule is COCC(C)(C)N1CC(c2ccccc2)NCC1C(C)C. The minimum absolute atomic E-state index is 0.0544. The molecule has 0 amide bonds. The molecule has 2 unspecified atom stereocenters. The molecule has 1 heterocycles. The van der Waals surface area contributed by atoms with Gasteiger partial charge in [0, 0.05) is 37.8 Å². The van der Waals surface area contributed by atoms with Crippen LogP contribution in [0.4, 0.5) is 0 Å². The first-order valence-electron chi connectivity index (χ1n) is 7.99. The first kappa shape index (κ1) is 16.5. The van der Waals surface area contributed by atoms with Crippen molar-refractivity contribution >= 4 is 0 Å². The van der Waals surface area contributed by atoms with E-state index in [1.54, 1.807) is 7.11 Å². The third kappa shape index (κ3) is 3.85. The van der Waals surface area contributed by atoms with Crippen molar-refractivity contribution < 1.29 is 4.74 Å². The van der Waals surface area contributed by atoms with Gasteiger partial charge in [-0.2, -0.15) is 0 Å². The molecule has 1 N–H and O–H groups in total. The zero-order valence-corrected chi connectivity index (χ0v) is 14.1. The van der Waals surface area contributed by atoms with E-state index in [1.165, 1.54) is 5.56 Å². The second-order valence-electron chi connectivity index (χ2n) is 7.08. The van der Waals surface area contributed by atoms with E-state index in [0.29, 0.717) is 18.0 Å². The Morgan fingerprint density at radius 2 is 1.95 bits per heavy atom. The zero-order valence-electron chi connectivity index (χ0n) is 14.1. The summed E-state index contributed by atoms with van der Waals surface area (Å²) in [5.74, 6) is 0.630. The van der Waals surface area contributed by atoms with Gasteiger partial charge in [-0.3, -0.25) is 4.90 Å². The van der Waals surface area contributed by atoms with Crippen LogP contribution in [0.3, 0.4) is 0 Å². The average Bonchev–Trinajstić information content (AvgIpc) is 2.47. The van der Waals surface area contributed by atoms with Crippen molar-refractivity contribution in [1.82, 2.24) is 10.2 Å². The van der Waals surface area contributed by atoms with E-state index in [4.69, 9.17) is 4.74 Å². The smallest absolute Gasteiger partial charge is 0.0641 e. The quantitative estimate of drug-likeness (QED) is 0.902. The van der Waals surface area contributed by atoms with E-state index >= 15 is 0 Å². The normalized spacial score (nSPS) is 24.5. The molecule has 21 heavy (non-hydrogen) atoms. The molecule has 3 nitrogen and oxygen atoms in total. The highest BCUT2D eigenvalue weighted by molar-refractivity contribution is 5.20. The van der Waals surface area contributed by atoms with Crippen molar-refractivity contribution in [2.75, 3.05) is 26.8 Å². The first-order chi connectivity index (χ1) is 9.95. The average molecular weight is 290 g/mol. The number of ether oxygens (including phenoxy) is 1. The first-order valence-corrected chi connectivity index (χ1v) is 7.99. The van der Waals surface area contributed by atoms with Crippen LogP contribution in [0.5, 0.6) is 0 Å². The molecule has 0 radical (unpaired) electrons. The molecule has 0 aromatic heterocycles. The van der Waals surface area contributed by atoms with Gasteiger partial charge in [-0.15, -0.1) is 0 Å². The number of nitrogens with one attached hydrogen (secondary N) is 1. The maximum atomic E-state index is 5.47. The van der Waals surface area contributed by atoms with Crippen LogP contribution in [0.15, 0.2) is 30.3 Å². The number of hydrogen-bond donors (Lipinski definition) is 1. The monoisotopic (exact) mass is 290 g/mol. The Balaban J connectivity index is 2.20. The van der Waals surface area contributed by atoms with Gasteiger partial charge in [0.2, 0.25) is 0 Å². The molecule has 2 atom stereocenters. The Morgan fingerprint density at radius 3 is 2.52 bits per heavy atom. The summed E-state index contributed by atoms with van der Waals surface area (Å²) in [6.45, 7) is 12.0. The van der Waals surface area contributed by atoms with Crippen LogP contribution in [-0.2, 0) is 4.74 Å². The summed E-state index contributed by atoms with van der Waals surface area (Å²) in [5.41, 5.74) is 1.43. The molecule has 1 aromatic rings. The van der Waals surface area contributed by atoms with Crippen molar-refractivity contribution in [1.29, 1.82) is 0 Å². The number of piperazine rings is 1. The van der Waals surface area contributed by atoms with Gasteiger partial charge < -0.3 is 10.1 Å². The van der Waals surface area contributed by atoms with Crippen LogP contribution >= 0.6 is 0 Å². The third-order valence-electron chi connectivity index (χ3n) is 4.60. The maximum absolute atomic E-state index is 5.47. The van der Waals surface area contributed by atoms with Gasteiger partial charge in [0.05, 0.1) is 6.61 Å². The Hall–Kier alpha value is -0.900. The van der Waals surface area contributed by atoms with Crippen LogP contribution in [-0.4, -0.2) is 43.3 Å². The Labute approximate surface area is 129 Å². The van der Waals surface area contributed by atoms with Gasteiger partial charge >= 0.3 is 0 Å². The number of hydrogen-bond acceptors (Lipinski definition) is 3. The molecule has 0 bridgehead atoms. The maximum Gasteiger partial charge on any atom is 0.0641 e. The summed E-state index contributed by atoms with van der Waals surface area (Å²) in [7, 11) is 1.79. The highest BCUT2D eigenvalue weighted by Gasteiger charge is 2.38.